The third kappa shape index (κ3) is 5.76. The number of benzene rings is 2. The van der Waals surface area contributed by atoms with Crippen LogP contribution >= 0.6 is 11.6 Å². The molecule has 0 saturated carbocycles. The van der Waals surface area contributed by atoms with Gasteiger partial charge in [-0.25, -0.2) is 21.6 Å². The summed E-state index contributed by atoms with van der Waals surface area (Å²) in [6.45, 7) is 0. The lowest BCUT2D eigenvalue weighted by Gasteiger charge is -2.13. The highest BCUT2D eigenvalue weighted by Crippen LogP contribution is 2.36. The van der Waals surface area contributed by atoms with Crippen LogP contribution in [0.15, 0.2) is 47.4 Å². The third-order valence-corrected chi connectivity index (χ3v) is 8.11. The van der Waals surface area contributed by atoms with E-state index in [1.165, 1.54) is 24.3 Å². The SMILES string of the molecule is O=C(Nc1ccc(Cl)c(C(F)(F)F)c1)c1cccc(S(=O)(=O)NC2CCS(=O)(=O)C2)c1. The van der Waals surface area contributed by atoms with Gasteiger partial charge in [0.1, 0.15) is 0 Å². The van der Waals surface area contributed by atoms with Crippen molar-refractivity contribution in [2.45, 2.75) is 23.5 Å². The number of sulfonamides is 1. The summed E-state index contributed by atoms with van der Waals surface area (Å²) in [5.74, 6) is -1.27. The Labute approximate surface area is 181 Å². The first kappa shape index (κ1) is 23.5. The number of hydrogen-bond acceptors (Lipinski definition) is 5. The molecule has 31 heavy (non-hydrogen) atoms. The van der Waals surface area contributed by atoms with Gasteiger partial charge in [0.25, 0.3) is 5.91 Å². The van der Waals surface area contributed by atoms with Crippen LogP contribution in [0.4, 0.5) is 18.9 Å². The number of hydrogen-bond donors (Lipinski definition) is 2. The van der Waals surface area contributed by atoms with E-state index in [1.807, 2.05) is 0 Å². The minimum Gasteiger partial charge on any atom is -0.322 e. The Morgan fingerprint density at radius 2 is 1.84 bits per heavy atom. The molecule has 0 bridgehead atoms. The number of alkyl halides is 3. The van der Waals surface area contributed by atoms with E-state index in [0.717, 1.165) is 12.1 Å². The van der Waals surface area contributed by atoms with Gasteiger partial charge in [-0.05, 0) is 42.8 Å². The summed E-state index contributed by atoms with van der Waals surface area (Å²) >= 11 is 5.55. The molecule has 0 spiro atoms. The summed E-state index contributed by atoms with van der Waals surface area (Å²) in [4.78, 5) is 12.2. The van der Waals surface area contributed by atoms with Gasteiger partial charge in [0.15, 0.2) is 9.84 Å². The Morgan fingerprint density at radius 3 is 2.45 bits per heavy atom. The van der Waals surface area contributed by atoms with Gasteiger partial charge in [-0.1, -0.05) is 17.7 Å². The van der Waals surface area contributed by atoms with E-state index in [1.54, 1.807) is 0 Å². The molecule has 1 heterocycles. The summed E-state index contributed by atoms with van der Waals surface area (Å²) in [5, 5.41) is 1.74. The largest absolute Gasteiger partial charge is 0.417 e. The van der Waals surface area contributed by atoms with Crippen LogP contribution in [0.1, 0.15) is 22.3 Å². The topological polar surface area (TPSA) is 109 Å². The molecule has 0 radical (unpaired) electrons. The smallest absolute Gasteiger partial charge is 0.322 e. The second-order valence-electron chi connectivity index (χ2n) is 6.90. The molecule has 1 aliphatic rings. The first-order chi connectivity index (χ1) is 14.3. The van der Waals surface area contributed by atoms with Crippen molar-refractivity contribution in [2.24, 2.45) is 0 Å². The number of anilines is 1. The van der Waals surface area contributed by atoms with Crippen LogP contribution in [0.3, 0.4) is 0 Å². The zero-order valence-corrected chi connectivity index (χ0v) is 18.0. The Hall–Kier alpha value is -2.15. The maximum absolute atomic E-state index is 13.0. The van der Waals surface area contributed by atoms with Crippen LogP contribution in [0, 0.1) is 0 Å². The summed E-state index contributed by atoms with van der Waals surface area (Å²) in [5.41, 5.74) is -1.42. The fourth-order valence-corrected chi connectivity index (χ4v) is 6.32. The lowest BCUT2D eigenvalue weighted by Crippen LogP contribution is -2.35. The third-order valence-electron chi connectivity index (χ3n) is 4.49. The molecule has 0 aliphatic carbocycles. The summed E-state index contributed by atoms with van der Waals surface area (Å²) < 4.78 is 89.4. The van der Waals surface area contributed by atoms with E-state index >= 15 is 0 Å². The maximum Gasteiger partial charge on any atom is 0.417 e. The zero-order chi connectivity index (χ0) is 23.0. The lowest BCUT2D eigenvalue weighted by molar-refractivity contribution is -0.137. The fraction of sp³-hybridized carbons (Fsp3) is 0.278. The molecule has 7 nitrogen and oxygen atoms in total. The molecule has 2 aromatic carbocycles. The number of nitrogens with one attached hydrogen (secondary N) is 2. The molecule has 1 aliphatic heterocycles. The van der Waals surface area contributed by atoms with Gasteiger partial charge in [0.2, 0.25) is 10.0 Å². The van der Waals surface area contributed by atoms with E-state index in [4.69, 9.17) is 11.6 Å². The number of carbonyl (C=O) groups excluding carboxylic acids is 1. The molecule has 1 fully saturated rings. The minimum atomic E-state index is -4.72. The fourth-order valence-electron chi connectivity index (χ4n) is 3.00. The second kappa shape index (κ2) is 8.41. The first-order valence-corrected chi connectivity index (χ1v) is 12.5. The van der Waals surface area contributed by atoms with Gasteiger partial charge in [0.05, 0.1) is 27.0 Å². The maximum atomic E-state index is 13.0. The highest BCUT2D eigenvalue weighted by Gasteiger charge is 2.34. The van der Waals surface area contributed by atoms with Crippen LogP contribution in [-0.4, -0.2) is 40.3 Å². The molecule has 13 heteroatoms. The predicted octanol–water partition coefficient (Wildman–Crippen LogP) is 3.08. The van der Waals surface area contributed by atoms with Gasteiger partial charge in [0, 0.05) is 17.3 Å². The molecule has 1 atom stereocenters. The first-order valence-electron chi connectivity index (χ1n) is 8.78. The van der Waals surface area contributed by atoms with Crippen molar-refractivity contribution in [3.63, 3.8) is 0 Å². The van der Waals surface area contributed by atoms with E-state index in [9.17, 15) is 34.8 Å². The number of halogens is 4. The number of amides is 1. The van der Waals surface area contributed by atoms with Crippen molar-refractivity contribution >= 4 is 43.1 Å². The van der Waals surface area contributed by atoms with Crippen LogP contribution in [-0.2, 0) is 26.0 Å². The van der Waals surface area contributed by atoms with Gasteiger partial charge in [-0.3, -0.25) is 4.79 Å². The monoisotopic (exact) mass is 496 g/mol. The molecule has 2 aromatic rings. The summed E-state index contributed by atoms with van der Waals surface area (Å²) in [7, 11) is -7.42. The zero-order valence-electron chi connectivity index (χ0n) is 15.6. The number of carbonyl (C=O) groups is 1. The van der Waals surface area contributed by atoms with Crippen molar-refractivity contribution in [1.82, 2.24) is 4.72 Å². The van der Waals surface area contributed by atoms with E-state index in [0.29, 0.717) is 6.07 Å². The van der Waals surface area contributed by atoms with Crippen LogP contribution in [0.2, 0.25) is 5.02 Å². The quantitative estimate of drug-likeness (QED) is 0.661. The molecule has 0 aromatic heterocycles. The number of rotatable bonds is 5. The van der Waals surface area contributed by atoms with Gasteiger partial charge in [-0.2, -0.15) is 13.2 Å². The predicted molar refractivity (Wildman–Crippen MR) is 108 cm³/mol. The van der Waals surface area contributed by atoms with Crippen molar-refractivity contribution in [1.29, 1.82) is 0 Å². The average Bonchev–Trinajstić information content (AvgIpc) is 3.00. The Kier molecular flexibility index (Phi) is 6.38. The molecule has 3 rings (SSSR count). The molecular formula is C18H16ClF3N2O5S2. The highest BCUT2D eigenvalue weighted by atomic mass is 35.5. The second-order valence-corrected chi connectivity index (χ2v) is 11.2. The van der Waals surface area contributed by atoms with E-state index < -0.39 is 48.6 Å². The summed E-state index contributed by atoms with van der Waals surface area (Å²) in [6.07, 6.45) is -4.58. The van der Waals surface area contributed by atoms with Crippen molar-refractivity contribution in [2.75, 3.05) is 16.8 Å². The lowest BCUT2D eigenvalue weighted by atomic mass is 10.1. The Balaban J connectivity index is 1.79. The van der Waals surface area contributed by atoms with Crippen molar-refractivity contribution < 1.29 is 34.8 Å². The normalized spacial score (nSPS) is 18.6. The molecule has 168 valence electrons. The molecule has 1 saturated heterocycles. The van der Waals surface area contributed by atoms with E-state index in [2.05, 4.69) is 10.0 Å². The molecule has 1 amide bonds. The average molecular weight is 497 g/mol. The Bertz CT molecular complexity index is 1230. The van der Waals surface area contributed by atoms with Crippen LogP contribution < -0.4 is 10.0 Å². The molecular weight excluding hydrogens is 481 g/mol. The molecule has 2 N–H and O–H groups in total. The van der Waals surface area contributed by atoms with E-state index in [-0.39, 0.29) is 34.1 Å². The van der Waals surface area contributed by atoms with Gasteiger partial charge >= 0.3 is 6.18 Å². The highest BCUT2D eigenvalue weighted by molar-refractivity contribution is 7.92. The standard InChI is InChI=1S/C18H16ClF3N2O5S2/c19-16-5-4-12(9-15(16)18(20,21)22)23-17(25)11-2-1-3-14(8-11)31(28,29)24-13-6-7-30(26,27)10-13/h1-5,8-9,13,24H,6-7,10H2,(H,23,25). The summed E-state index contributed by atoms with van der Waals surface area (Å²) in [6, 6.07) is 6.89. The van der Waals surface area contributed by atoms with Crippen molar-refractivity contribution in [3.8, 4) is 0 Å². The van der Waals surface area contributed by atoms with Crippen molar-refractivity contribution in [3.05, 3.63) is 58.6 Å². The number of sulfone groups is 1. The molecule has 1 unspecified atom stereocenters. The Morgan fingerprint density at radius 1 is 1.13 bits per heavy atom. The van der Waals surface area contributed by atoms with Crippen LogP contribution in [0.5, 0.6) is 0 Å². The van der Waals surface area contributed by atoms with Gasteiger partial charge < -0.3 is 5.32 Å². The van der Waals surface area contributed by atoms with Crippen LogP contribution in [0.25, 0.3) is 0 Å². The minimum absolute atomic E-state index is 0.120. The van der Waals surface area contributed by atoms with Gasteiger partial charge in [-0.15, -0.1) is 0 Å².